The summed E-state index contributed by atoms with van der Waals surface area (Å²) in [6, 6.07) is 7.65. The van der Waals surface area contributed by atoms with E-state index in [1.807, 2.05) is 24.3 Å². The van der Waals surface area contributed by atoms with Crippen LogP contribution in [0.5, 0.6) is 0 Å². The molecule has 5 nitrogen and oxygen atoms in total. The van der Waals surface area contributed by atoms with E-state index in [9.17, 15) is 4.79 Å². The molecule has 0 aliphatic heterocycles. The number of nitrogens with one attached hydrogen (secondary N) is 1. The summed E-state index contributed by atoms with van der Waals surface area (Å²) in [5, 5.41) is 0. The molecule has 90 valence electrons. The van der Waals surface area contributed by atoms with Crippen molar-refractivity contribution in [3.63, 3.8) is 0 Å². The number of methoxy groups -OCH3 is 1. The Morgan fingerprint density at radius 3 is 3.12 bits per heavy atom. The lowest BCUT2D eigenvalue weighted by Gasteiger charge is -2.06. The molecule has 1 aromatic carbocycles. The van der Waals surface area contributed by atoms with Gasteiger partial charge in [0.25, 0.3) is 0 Å². The highest BCUT2D eigenvalue weighted by molar-refractivity contribution is 5.86. The fraction of sp³-hybridized carbons (Fsp3) is 0.333. The van der Waals surface area contributed by atoms with Crippen LogP contribution in [0.4, 0.5) is 0 Å². The Kier molecular flexibility index (Phi) is 3.72. The van der Waals surface area contributed by atoms with E-state index in [1.165, 1.54) is 0 Å². The van der Waals surface area contributed by atoms with Gasteiger partial charge in [-0.05, 0) is 18.6 Å². The predicted octanol–water partition coefficient (Wildman–Crippen LogP) is 1.53. The lowest BCUT2D eigenvalue weighted by Crippen LogP contribution is -2.21. The zero-order chi connectivity index (χ0) is 12.1. The molecular weight excluding hydrogens is 218 g/mol. The fourth-order valence-corrected chi connectivity index (χ4v) is 1.62. The first-order chi connectivity index (χ1) is 8.31. The largest absolute Gasteiger partial charge is 0.385 e. The summed E-state index contributed by atoms with van der Waals surface area (Å²) < 4.78 is 6.54. The summed E-state index contributed by atoms with van der Waals surface area (Å²) in [6.45, 7) is 0.595. The van der Waals surface area contributed by atoms with Gasteiger partial charge in [0.2, 0.25) is 5.91 Å². The average molecular weight is 233 g/mol. The van der Waals surface area contributed by atoms with Crippen LogP contribution in [0.25, 0.3) is 11.0 Å². The van der Waals surface area contributed by atoms with Crippen molar-refractivity contribution in [3.05, 3.63) is 30.6 Å². The Morgan fingerprint density at radius 1 is 1.47 bits per heavy atom. The van der Waals surface area contributed by atoms with Crippen LogP contribution in [-0.4, -0.2) is 29.3 Å². The predicted molar refractivity (Wildman–Crippen MR) is 65.2 cm³/mol. The number of carbonyl (C=O) groups is 1. The minimum absolute atomic E-state index is 0.0368. The van der Waals surface area contributed by atoms with Crippen molar-refractivity contribution in [1.29, 1.82) is 0 Å². The molecule has 1 aromatic heterocycles. The van der Waals surface area contributed by atoms with E-state index in [0.29, 0.717) is 13.0 Å². The van der Waals surface area contributed by atoms with Gasteiger partial charge in [-0.15, -0.1) is 0 Å². The molecule has 0 saturated carbocycles. The Morgan fingerprint density at radius 2 is 2.29 bits per heavy atom. The van der Waals surface area contributed by atoms with Gasteiger partial charge in [0.1, 0.15) is 6.33 Å². The molecule has 5 heteroatoms. The number of benzene rings is 1. The molecule has 2 aromatic rings. The highest BCUT2D eigenvalue weighted by Crippen LogP contribution is 2.10. The first kappa shape index (κ1) is 11.6. The quantitative estimate of drug-likeness (QED) is 0.797. The molecule has 0 unspecified atom stereocenters. The highest BCUT2D eigenvalue weighted by Gasteiger charge is 2.05. The molecule has 0 fully saturated rings. The first-order valence-electron chi connectivity index (χ1n) is 5.52. The molecule has 0 radical (unpaired) electrons. The molecular formula is C12H15N3O2. The van der Waals surface area contributed by atoms with Gasteiger partial charge in [-0.25, -0.2) is 9.66 Å². The second-order valence-corrected chi connectivity index (χ2v) is 3.73. The summed E-state index contributed by atoms with van der Waals surface area (Å²) in [4.78, 5) is 15.8. The zero-order valence-corrected chi connectivity index (χ0v) is 9.72. The summed E-state index contributed by atoms with van der Waals surface area (Å²) in [6.07, 6.45) is 2.77. The Balaban J connectivity index is 2.01. The lowest BCUT2D eigenvalue weighted by molar-refractivity contribution is -0.117. The van der Waals surface area contributed by atoms with Gasteiger partial charge in [-0.1, -0.05) is 12.1 Å². The number of hydrogen-bond donors (Lipinski definition) is 1. The van der Waals surface area contributed by atoms with Crippen LogP contribution in [0.2, 0.25) is 0 Å². The van der Waals surface area contributed by atoms with Crippen LogP contribution in [0.15, 0.2) is 30.6 Å². The van der Waals surface area contributed by atoms with Crippen molar-refractivity contribution in [2.24, 2.45) is 0 Å². The molecule has 0 saturated heterocycles. The third-order valence-corrected chi connectivity index (χ3v) is 2.45. The second kappa shape index (κ2) is 5.45. The second-order valence-electron chi connectivity index (χ2n) is 3.73. The van der Waals surface area contributed by atoms with Crippen LogP contribution in [0.3, 0.4) is 0 Å². The maximum absolute atomic E-state index is 11.6. The van der Waals surface area contributed by atoms with Crippen molar-refractivity contribution in [3.8, 4) is 0 Å². The highest BCUT2D eigenvalue weighted by atomic mass is 16.5. The van der Waals surface area contributed by atoms with E-state index in [0.717, 1.165) is 17.5 Å². The normalized spacial score (nSPS) is 10.6. The number of nitrogens with zero attached hydrogens (tertiary/aromatic N) is 2. The van der Waals surface area contributed by atoms with E-state index in [4.69, 9.17) is 4.74 Å². The smallest absolute Gasteiger partial charge is 0.238 e. The molecule has 0 bridgehead atoms. The molecule has 1 heterocycles. The number of para-hydroxylation sites is 2. The van der Waals surface area contributed by atoms with Crippen LogP contribution in [0.1, 0.15) is 12.8 Å². The molecule has 17 heavy (non-hydrogen) atoms. The third-order valence-electron chi connectivity index (χ3n) is 2.45. The van der Waals surface area contributed by atoms with Crippen molar-refractivity contribution >= 4 is 16.9 Å². The number of ether oxygens (including phenoxy) is 1. The van der Waals surface area contributed by atoms with Gasteiger partial charge >= 0.3 is 0 Å². The van der Waals surface area contributed by atoms with Gasteiger partial charge in [0.05, 0.1) is 11.0 Å². The summed E-state index contributed by atoms with van der Waals surface area (Å²) in [5.74, 6) is -0.0368. The standard InChI is InChI=1S/C12H15N3O2/c1-17-8-4-7-12(16)14-15-9-13-10-5-2-3-6-11(10)15/h2-3,5-6,9H,4,7-8H2,1H3,(H,14,16). The maximum atomic E-state index is 11.6. The number of carbonyl (C=O) groups excluding carboxylic acids is 1. The van der Waals surface area contributed by atoms with Gasteiger partial charge in [0.15, 0.2) is 0 Å². The van der Waals surface area contributed by atoms with Crippen molar-refractivity contribution in [2.45, 2.75) is 12.8 Å². The van der Waals surface area contributed by atoms with Crippen LogP contribution in [-0.2, 0) is 9.53 Å². The van der Waals surface area contributed by atoms with Crippen LogP contribution >= 0.6 is 0 Å². The minimum Gasteiger partial charge on any atom is -0.385 e. The van der Waals surface area contributed by atoms with E-state index < -0.39 is 0 Å². The number of amides is 1. The van der Waals surface area contributed by atoms with Crippen LogP contribution < -0.4 is 5.43 Å². The minimum atomic E-state index is -0.0368. The number of aromatic nitrogens is 2. The molecule has 0 aliphatic rings. The number of fused-ring (bicyclic) bond motifs is 1. The monoisotopic (exact) mass is 233 g/mol. The van der Waals surface area contributed by atoms with Gasteiger partial charge in [0, 0.05) is 20.1 Å². The molecule has 2 rings (SSSR count). The SMILES string of the molecule is COCCCC(=O)Nn1cnc2ccccc21. The Hall–Kier alpha value is -1.88. The Labute approximate surface area is 99.4 Å². The average Bonchev–Trinajstić information content (AvgIpc) is 2.73. The summed E-state index contributed by atoms with van der Waals surface area (Å²) >= 11 is 0. The Bertz CT molecular complexity index is 507. The fourth-order valence-electron chi connectivity index (χ4n) is 1.62. The van der Waals surface area contributed by atoms with E-state index >= 15 is 0 Å². The molecule has 1 amide bonds. The van der Waals surface area contributed by atoms with E-state index in [-0.39, 0.29) is 5.91 Å². The molecule has 0 aliphatic carbocycles. The lowest BCUT2D eigenvalue weighted by atomic mass is 10.3. The van der Waals surface area contributed by atoms with Crippen LogP contribution in [0, 0.1) is 0 Å². The third kappa shape index (κ3) is 2.82. The van der Waals surface area contributed by atoms with Gasteiger partial charge < -0.3 is 4.74 Å². The van der Waals surface area contributed by atoms with Crippen molar-refractivity contribution in [1.82, 2.24) is 9.66 Å². The van der Waals surface area contributed by atoms with Crippen molar-refractivity contribution < 1.29 is 9.53 Å². The number of imidazole rings is 1. The zero-order valence-electron chi connectivity index (χ0n) is 9.72. The van der Waals surface area contributed by atoms with E-state index in [1.54, 1.807) is 18.1 Å². The van der Waals surface area contributed by atoms with Crippen molar-refractivity contribution in [2.75, 3.05) is 19.1 Å². The first-order valence-corrected chi connectivity index (χ1v) is 5.52. The number of hydrogen-bond acceptors (Lipinski definition) is 3. The molecule has 0 atom stereocenters. The van der Waals surface area contributed by atoms with Gasteiger partial charge in [-0.2, -0.15) is 0 Å². The molecule has 1 N–H and O–H groups in total. The molecule has 0 spiro atoms. The van der Waals surface area contributed by atoms with Gasteiger partial charge in [-0.3, -0.25) is 10.2 Å². The maximum Gasteiger partial charge on any atom is 0.238 e. The summed E-state index contributed by atoms with van der Waals surface area (Å²) in [7, 11) is 1.63. The topological polar surface area (TPSA) is 56.1 Å². The summed E-state index contributed by atoms with van der Waals surface area (Å²) in [5.41, 5.74) is 4.54. The van der Waals surface area contributed by atoms with E-state index in [2.05, 4.69) is 10.4 Å². The number of rotatable bonds is 5.